The largest absolute Gasteiger partial charge is 0.436 e. The summed E-state index contributed by atoms with van der Waals surface area (Å²) < 4.78 is 23.4. The maximum Gasteiger partial charge on any atom is 0.312 e. The van der Waals surface area contributed by atoms with Crippen LogP contribution in [0.1, 0.15) is 57.8 Å². The van der Waals surface area contributed by atoms with Crippen LogP contribution < -0.4 is 0 Å². The molecule has 6 nitrogen and oxygen atoms in total. The summed E-state index contributed by atoms with van der Waals surface area (Å²) in [4.78, 5) is 27.4. The third-order valence-electron chi connectivity index (χ3n) is 11.7. The standard InChI is InChI=1S/C29H38O6/c30-28(34-20-5-1-3-9-32-20)26-18-13-19(27(26)29(31)35-21-6-2-4-10-33-21)25-17-12-16(24(18)25)22-14-7-8-15(11-14)23(17)22/h7-8,14-27H,1-6,9-13H2. The second-order valence-corrected chi connectivity index (χ2v) is 12.9. The number of hydrogen-bond donors (Lipinski definition) is 0. The van der Waals surface area contributed by atoms with Crippen LogP contribution in [0, 0.1) is 71.0 Å². The van der Waals surface area contributed by atoms with Gasteiger partial charge in [-0.2, -0.15) is 0 Å². The number of hydrogen-bond acceptors (Lipinski definition) is 6. The van der Waals surface area contributed by atoms with E-state index in [4.69, 9.17) is 18.9 Å². The normalized spacial score (nSPS) is 54.6. The summed E-state index contributed by atoms with van der Waals surface area (Å²) in [6.07, 6.45) is 13.3. The lowest BCUT2D eigenvalue weighted by Gasteiger charge is -2.47. The van der Waals surface area contributed by atoms with Gasteiger partial charge in [0.05, 0.1) is 25.0 Å². The molecule has 0 spiro atoms. The van der Waals surface area contributed by atoms with Gasteiger partial charge in [-0.05, 0) is 104 Å². The summed E-state index contributed by atoms with van der Waals surface area (Å²) >= 11 is 0. The first-order valence-electron chi connectivity index (χ1n) is 14.5. The molecule has 35 heavy (non-hydrogen) atoms. The van der Waals surface area contributed by atoms with E-state index in [1.54, 1.807) is 0 Å². The smallest absolute Gasteiger partial charge is 0.312 e. The lowest BCUT2D eigenvalue weighted by molar-refractivity contribution is -0.207. The topological polar surface area (TPSA) is 71.1 Å². The fraction of sp³-hybridized carbons (Fsp3) is 0.862. The SMILES string of the molecule is O=C(OC1CCCCO1)C1C2CC(C1C(=O)OC1CCCCO1)C1C3CC(C4C5C=CC(C5)C34)C21. The van der Waals surface area contributed by atoms with Crippen molar-refractivity contribution in [1.82, 2.24) is 0 Å². The summed E-state index contributed by atoms with van der Waals surface area (Å²) in [5.41, 5.74) is 0. The quantitative estimate of drug-likeness (QED) is 0.338. The van der Waals surface area contributed by atoms with E-state index in [9.17, 15) is 9.59 Å². The minimum atomic E-state index is -0.454. The molecule has 5 saturated carbocycles. The minimum Gasteiger partial charge on any atom is -0.436 e. The van der Waals surface area contributed by atoms with Gasteiger partial charge in [0.2, 0.25) is 12.6 Å². The van der Waals surface area contributed by atoms with Crippen molar-refractivity contribution in [2.24, 2.45) is 71.0 Å². The average molecular weight is 483 g/mol. The van der Waals surface area contributed by atoms with E-state index in [-0.39, 0.29) is 35.6 Å². The highest BCUT2D eigenvalue weighted by Crippen LogP contribution is 2.77. The van der Waals surface area contributed by atoms with Crippen LogP contribution in [0.15, 0.2) is 12.2 Å². The zero-order chi connectivity index (χ0) is 23.3. The first-order valence-corrected chi connectivity index (χ1v) is 14.5. The molecule has 14 atom stereocenters. The molecule has 14 unspecified atom stereocenters. The first kappa shape index (κ1) is 21.7. The molecule has 6 heteroatoms. The van der Waals surface area contributed by atoms with Gasteiger partial charge < -0.3 is 18.9 Å². The molecule has 7 fully saturated rings. The van der Waals surface area contributed by atoms with Crippen LogP contribution in [-0.4, -0.2) is 37.7 Å². The third-order valence-corrected chi connectivity index (χ3v) is 11.7. The fourth-order valence-corrected chi connectivity index (χ4v) is 10.9. The molecule has 8 aliphatic rings. The lowest BCUT2D eigenvalue weighted by atomic mass is 9.57. The van der Waals surface area contributed by atoms with Crippen molar-refractivity contribution in [3.63, 3.8) is 0 Å². The van der Waals surface area contributed by atoms with Gasteiger partial charge >= 0.3 is 11.9 Å². The van der Waals surface area contributed by atoms with Crippen LogP contribution in [0.4, 0.5) is 0 Å². The number of allylic oxidation sites excluding steroid dienone is 2. The Labute approximate surface area is 207 Å². The molecule has 6 aliphatic carbocycles. The molecular weight excluding hydrogens is 444 g/mol. The van der Waals surface area contributed by atoms with Crippen LogP contribution in [0.3, 0.4) is 0 Å². The molecule has 0 aromatic carbocycles. The van der Waals surface area contributed by atoms with Gasteiger partial charge in [-0.1, -0.05) is 12.2 Å². The van der Waals surface area contributed by atoms with E-state index in [0.29, 0.717) is 25.0 Å². The highest BCUT2D eigenvalue weighted by atomic mass is 16.7. The summed E-state index contributed by atoms with van der Waals surface area (Å²) in [6, 6.07) is 0. The molecule has 190 valence electrons. The van der Waals surface area contributed by atoms with Crippen LogP contribution >= 0.6 is 0 Å². The highest BCUT2D eigenvalue weighted by molar-refractivity contribution is 5.84. The molecule has 0 aromatic heterocycles. The van der Waals surface area contributed by atoms with Crippen molar-refractivity contribution in [3.05, 3.63) is 12.2 Å². The van der Waals surface area contributed by atoms with Gasteiger partial charge in [-0.3, -0.25) is 9.59 Å². The van der Waals surface area contributed by atoms with Crippen molar-refractivity contribution in [2.75, 3.05) is 13.2 Å². The molecule has 2 aliphatic heterocycles. The van der Waals surface area contributed by atoms with Gasteiger partial charge in [0.15, 0.2) is 0 Å². The zero-order valence-electron chi connectivity index (χ0n) is 20.5. The molecule has 6 bridgehead atoms. The van der Waals surface area contributed by atoms with Gasteiger partial charge in [-0.25, -0.2) is 0 Å². The van der Waals surface area contributed by atoms with E-state index >= 15 is 0 Å². The van der Waals surface area contributed by atoms with Crippen molar-refractivity contribution in [1.29, 1.82) is 0 Å². The summed E-state index contributed by atoms with van der Waals surface area (Å²) in [7, 11) is 0. The maximum atomic E-state index is 13.7. The van der Waals surface area contributed by atoms with Crippen LogP contribution in [0.2, 0.25) is 0 Å². The predicted octanol–water partition coefficient (Wildman–Crippen LogP) is 4.33. The Morgan fingerprint density at radius 3 is 1.54 bits per heavy atom. The van der Waals surface area contributed by atoms with Crippen LogP contribution in [-0.2, 0) is 28.5 Å². The van der Waals surface area contributed by atoms with Gasteiger partial charge in [-0.15, -0.1) is 0 Å². The predicted molar refractivity (Wildman–Crippen MR) is 124 cm³/mol. The Balaban J connectivity index is 1.08. The number of fused-ring (bicyclic) bond motifs is 16. The van der Waals surface area contributed by atoms with Gasteiger partial charge in [0.1, 0.15) is 0 Å². The van der Waals surface area contributed by atoms with Crippen molar-refractivity contribution < 1.29 is 28.5 Å². The molecule has 0 amide bonds. The minimum absolute atomic E-state index is 0.207. The Bertz CT molecular complexity index is 848. The Hall–Kier alpha value is -1.40. The summed E-state index contributed by atoms with van der Waals surface area (Å²) in [5, 5.41) is 0. The highest BCUT2D eigenvalue weighted by Gasteiger charge is 2.74. The molecule has 0 N–H and O–H groups in total. The van der Waals surface area contributed by atoms with Crippen molar-refractivity contribution in [3.8, 4) is 0 Å². The molecule has 2 saturated heterocycles. The average Bonchev–Trinajstić information content (AvgIpc) is 3.70. The molecular formula is C29H38O6. The zero-order valence-corrected chi connectivity index (χ0v) is 20.5. The number of ether oxygens (including phenoxy) is 4. The summed E-state index contributed by atoms with van der Waals surface area (Å²) in [5.74, 6) is 5.09. The summed E-state index contributed by atoms with van der Waals surface area (Å²) in [6.45, 7) is 1.29. The number of carbonyl (C=O) groups is 2. The molecule has 0 aromatic rings. The third kappa shape index (κ3) is 3.08. The first-order chi connectivity index (χ1) is 17.2. The molecule has 2 heterocycles. The lowest BCUT2D eigenvalue weighted by Crippen LogP contribution is -2.50. The van der Waals surface area contributed by atoms with E-state index in [2.05, 4.69) is 12.2 Å². The Kier molecular flexibility index (Phi) is 4.98. The molecule has 8 rings (SSSR count). The Morgan fingerprint density at radius 2 is 1.09 bits per heavy atom. The van der Waals surface area contributed by atoms with Crippen LogP contribution in [0.5, 0.6) is 0 Å². The van der Waals surface area contributed by atoms with E-state index in [1.165, 1.54) is 12.8 Å². The monoisotopic (exact) mass is 482 g/mol. The number of carbonyl (C=O) groups excluding carboxylic acids is 2. The number of rotatable bonds is 4. The Morgan fingerprint density at radius 1 is 0.600 bits per heavy atom. The van der Waals surface area contributed by atoms with Crippen LogP contribution in [0.25, 0.3) is 0 Å². The van der Waals surface area contributed by atoms with E-state index < -0.39 is 12.6 Å². The maximum absolute atomic E-state index is 13.7. The van der Waals surface area contributed by atoms with Crippen molar-refractivity contribution in [2.45, 2.75) is 70.4 Å². The van der Waals surface area contributed by atoms with Gasteiger partial charge in [0.25, 0.3) is 0 Å². The number of esters is 2. The fourth-order valence-electron chi connectivity index (χ4n) is 10.9. The second kappa shape index (κ2) is 8.05. The van der Waals surface area contributed by atoms with Gasteiger partial charge in [0, 0.05) is 12.8 Å². The van der Waals surface area contributed by atoms with Crippen molar-refractivity contribution >= 4 is 11.9 Å². The van der Waals surface area contributed by atoms with E-state index in [1.807, 2.05) is 0 Å². The second-order valence-electron chi connectivity index (χ2n) is 12.9. The molecule has 0 radical (unpaired) electrons. The van der Waals surface area contributed by atoms with E-state index in [0.717, 1.165) is 80.5 Å².